The molecule has 1 aromatic heterocycles. The van der Waals surface area contributed by atoms with Crippen molar-refractivity contribution in [3.63, 3.8) is 0 Å². The average molecular weight is 292 g/mol. The molecule has 2 atom stereocenters. The number of rotatable bonds is 6. The molecule has 2 saturated carbocycles. The molecule has 2 N–H and O–H groups in total. The Kier molecular flexibility index (Phi) is 3.89. The van der Waals surface area contributed by atoms with E-state index in [4.69, 9.17) is 4.74 Å². The number of carbonyl (C=O) groups excluding carboxylic acids is 1. The van der Waals surface area contributed by atoms with Crippen LogP contribution in [0.5, 0.6) is 0 Å². The number of anilines is 1. The first-order valence-electron chi connectivity index (χ1n) is 7.79. The van der Waals surface area contributed by atoms with Crippen LogP contribution in [0.15, 0.2) is 12.4 Å². The molecule has 0 bridgehead atoms. The van der Waals surface area contributed by atoms with Gasteiger partial charge in [-0.05, 0) is 26.2 Å². The van der Waals surface area contributed by atoms with Gasteiger partial charge in [0.2, 0.25) is 5.91 Å². The average Bonchev–Trinajstić information content (AvgIpc) is 2.82. The summed E-state index contributed by atoms with van der Waals surface area (Å²) >= 11 is 0. The van der Waals surface area contributed by atoms with E-state index in [1.165, 1.54) is 19.3 Å². The Hall–Kier alpha value is -1.56. The quantitative estimate of drug-likeness (QED) is 0.831. The Morgan fingerprint density at radius 3 is 3.00 bits per heavy atom. The predicted octanol–water partition coefficient (Wildman–Crippen LogP) is 1.39. The van der Waals surface area contributed by atoms with E-state index in [-0.39, 0.29) is 12.5 Å². The Labute approximate surface area is 125 Å². The summed E-state index contributed by atoms with van der Waals surface area (Å²) < 4.78 is 7.52. The zero-order valence-electron chi connectivity index (χ0n) is 12.8. The molecule has 21 heavy (non-hydrogen) atoms. The van der Waals surface area contributed by atoms with Gasteiger partial charge >= 0.3 is 0 Å². The minimum absolute atomic E-state index is 0.0415. The fourth-order valence-electron chi connectivity index (χ4n) is 3.59. The molecule has 116 valence electrons. The fraction of sp³-hybridized carbons (Fsp3) is 0.733. The lowest BCUT2D eigenvalue weighted by Gasteiger charge is -2.61. The van der Waals surface area contributed by atoms with Crippen LogP contribution >= 0.6 is 0 Å². The lowest BCUT2D eigenvalue weighted by molar-refractivity contribution is -0.157. The van der Waals surface area contributed by atoms with Crippen LogP contribution in [0, 0.1) is 5.41 Å². The molecule has 6 nitrogen and oxygen atoms in total. The van der Waals surface area contributed by atoms with Gasteiger partial charge in [-0.15, -0.1) is 0 Å². The first kappa shape index (κ1) is 14.4. The van der Waals surface area contributed by atoms with Crippen LogP contribution in [0.2, 0.25) is 0 Å². The zero-order chi connectivity index (χ0) is 14.9. The molecule has 2 aliphatic carbocycles. The second-order valence-corrected chi connectivity index (χ2v) is 6.06. The number of amides is 1. The van der Waals surface area contributed by atoms with Crippen molar-refractivity contribution in [1.29, 1.82) is 0 Å². The lowest BCUT2D eigenvalue weighted by atomic mass is 9.51. The summed E-state index contributed by atoms with van der Waals surface area (Å²) in [6, 6.07) is 0.473. The summed E-state index contributed by atoms with van der Waals surface area (Å²) in [5, 5.41) is 10.4. The summed E-state index contributed by atoms with van der Waals surface area (Å²) in [5.74, 6) is -0.0415. The molecule has 2 aliphatic rings. The summed E-state index contributed by atoms with van der Waals surface area (Å²) in [4.78, 5) is 11.3. The third kappa shape index (κ3) is 2.52. The molecule has 0 saturated heterocycles. The first-order valence-corrected chi connectivity index (χ1v) is 7.79. The standard InChI is InChI=1S/C15H24N4O2/c1-3-21-13-7-12(15(13)5-4-6-15)18-11-8-17-19(9-11)10-14(20)16-2/h8-9,12-13,18H,3-7,10H2,1-2H3,(H,16,20). The molecule has 0 radical (unpaired) electrons. The van der Waals surface area contributed by atoms with E-state index >= 15 is 0 Å². The Balaban J connectivity index is 1.59. The highest BCUT2D eigenvalue weighted by Crippen LogP contribution is 2.58. The molecule has 0 aromatic carbocycles. The molecule has 1 heterocycles. The number of aromatic nitrogens is 2. The Bertz CT molecular complexity index is 510. The highest BCUT2D eigenvalue weighted by Gasteiger charge is 2.58. The van der Waals surface area contributed by atoms with Gasteiger partial charge in [-0.3, -0.25) is 9.48 Å². The molecule has 6 heteroatoms. The van der Waals surface area contributed by atoms with Gasteiger partial charge in [0, 0.05) is 31.3 Å². The van der Waals surface area contributed by atoms with E-state index in [0.29, 0.717) is 17.6 Å². The number of hydrogen-bond donors (Lipinski definition) is 2. The van der Waals surface area contributed by atoms with E-state index < -0.39 is 0 Å². The molecule has 1 amide bonds. The monoisotopic (exact) mass is 292 g/mol. The molecule has 3 rings (SSSR count). The van der Waals surface area contributed by atoms with Crippen LogP contribution in [0.1, 0.15) is 32.6 Å². The second-order valence-electron chi connectivity index (χ2n) is 6.06. The lowest BCUT2D eigenvalue weighted by Crippen LogP contribution is -2.64. The van der Waals surface area contributed by atoms with E-state index in [1.807, 2.05) is 6.20 Å². The van der Waals surface area contributed by atoms with Crippen molar-refractivity contribution in [3.05, 3.63) is 12.4 Å². The number of nitrogens with zero attached hydrogens (tertiary/aromatic N) is 2. The molecule has 1 aromatic rings. The van der Waals surface area contributed by atoms with Crippen LogP contribution in [-0.4, -0.2) is 41.5 Å². The van der Waals surface area contributed by atoms with E-state index in [9.17, 15) is 4.79 Å². The number of ether oxygens (including phenoxy) is 1. The van der Waals surface area contributed by atoms with E-state index in [2.05, 4.69) is 22.7 Å². The first-order chi connectivity index (χ1) is 10.2. The maximum atomic E-state index is 11.3. The predicted molar refractivity (Wildman–Crippen MR) is 80.0 cm³/mol. The maximum Gasteiger partial charge on any atom is 0.241 e. The number of hydrogen-bond acceptors (Lipinski definition) is 4. The van der Waals surface area contributed by atoms with Crippen LogP contribution in [0.4, 0.5) is 5.69 Å². The smallest absolute Gasteiger partial charge is 0.241 e. The highest BCUT2D eigenvalue weighted by atomic mass is 16.5. The van der Waals surface area contributed by atoms with Crippen molar-refractivity contribution < 1.29 is 9.53 Å². The second kappa shape index (κ2) is 5.67. The fourth-order valence-corrected chi connectivity index (χ4v) is 3.59. The normalized spacial score (nSPS) is 26.0. The van der Waals surface area contributed by atoms with Gasteiger partial charge in [0.05, 0.1) is 18.0 Å². The van der Waals surface area contributed by atoms with Crippen molar-refractivity contribution in [1.82, 2.24) is 15.1 Å². The zero-order valence-corrected chi connectivity index (χ0v) is 12.8. The molecule has 2 unspecified atom stereocenters. The van der Waals surface area contributed by atoms with Gasteiger partial charge in [-0.25, -0.2) is 0 Å². The van der Waals surface area contributed by atoms with Gasteiger partial charge in [0.15, 0.2) is 0 Å². The summed E-state index contributed by atoms with van der Waals surface area (Å²) in [6.07, 6.45) is 8.98. The summed E-state index contributed by atoms with van der Waals surface area (Å²) in [5.41, 5.74) is 1.32. The van der Waals surface area contributed by atoms with Crippen LogP contribution < -0.4 is 10.6 Å². The summed E-state index contributed by atoms with van der Waals surface area (Å²) in [7, 11) is 1.63. The maximum absolute atomic E-state index is 11.3. The number of carbonyl (C=O) groups is 1. The largest absolute Gasteiger partial charge is 0.379 e. The van der Waals surface area contributed by atoms with E-state index in [0.717, 1.165) is 18.7 Å². The molecule has 2 fully saturated rings. The van der Waals surface area contributed by atoms with Crippen molar-refractivity contribution in [2.45, 2.75) is 51.3 Å². The molecular formula is C15H24N4O2. The van der Waals surface area contributed by atoms with Crippen molar-refractivity contribution in [2.24, 2.45) is 5.41 Å². The van der Waals surface area contributed by atoms with Gasteiger partial charge in [0.25, 0.3) is 0 Å². The Morgan fingerprint density at radius 2 is 2.38 bits per heavy atom. The minimum atomic E-state index is -0.0415. The minimum Gasteiger partial charge on any atom is -0.379 e. The Morgan fingerprint density at radius 1 is 1.57 bits per heavy atom. The number of nitrogens with one attached hydrogen (secondary N) is 2. The van der Waals surface area contributed by atoms with Gasteiger partial charge in [-0.2, -0.15) is 5.10 Å². The molecule has 1 spiro atoms. The third-order valence-electron chi connectivity index (χ3n) is 5.00. The topological polar surface area (TPSA) is 68.2 Å². The molecular weight excluding hydrogens is 268 g/mol. The molecule has 0 aliphatic heterocycles. The highest BCUT2D eigenvalue weighted by molar-refractivity contribution is 5.75. The van der Waals surface area contributed by atoms with Crippen molar-refractivity contribution >= 4 is 11.6 Å². The van der Waals surface area contributed by atoms with Crippen molar-refractivity contribution in [3.8, 4) is 0 Å². The van der Waals surface area contributed by atoms with Crippen molar-refractivity contribution in [2.75, 3.05) is 19.0 Å². The SMILES string of the molecule is CCOC1CC(Nc2cnn(CC(=O)NC)c2)C12CCC2. The van der Waals surface area contributed by atoms with Crippen LogP contribution in [-0.2, 0) is 16.1 Å². The van der Waals surface area contributed by atoms with Gasteiger partial charge in [-0.1, -0.05) is 6.42 Å². The van der Waals surface area contributed by atoms with E-state index in [1.54, 1.807) is 17.9 Å². The number of likely N-dealkylation sites (N-methyl/N-ethyl adjacent to an activating group) is 1. The van der Waals surface area contributed by atoms with Crippen LogP contribution in [0.25, 0.3) is 0 Å². The van der Waals surface area contributed by atoms with Gasteiger partial charge in [0.1, 0.15) is 6.54 Å². The van der Waals surface area contributed by atoms with Crippen LogP contribution in [0.3, 0.4) is 0 Å². The van der Waals surface area contributed by atoms with Gasteiger partial charge < -0.3 is 15.4 Å². The third-order valence-corrected chi connectivity index (χ3v) is 5.00. The summed E-state index contributed by atoms with van der Waals surface area (Å²) in [6.45, 7) is 3.12.